The summed E-state index contributed by atoms with van der Waals surface area (Å²) in [4.78, 5) is 11.8. The lowest BCUT2D eigenvalue weighted by molar-refractivity contribution is 0.0948. The molecule has 0 atom stereocenters. The van der Waals surface area contributed by atoms with E-state index in [1.165, 1.54) is 31.6 Å². The van der Waals surface area contributed by atoms with E-state index in [4.69, 9.17) is 16.3 Å². The van der Waals surface area contributed by atoms with Crippen molar-refractivity contribution in [3.05, 3.63) is 53.3 Å². The van der Waals surface area contributed by atoms with Crippen LogP contribution in [-0.2, 0) is 4.74 Å². The number of hydrogen-bond donors (Lipinski definition) is 1. The second-order valence-electron chi connectivity index (χ2n) is 3.55. The van der Waals surface area contributed by atoms with E-state index in [0.29, 0.717) is 0 Å². The average molecular weight is 314 g/mol. The summed E-state index contributed by atoms with van der Waals surface area (Å²) in [5, 5.41) is 9.35. The smallest absolute Gasteiger partial charge is 0.276 e. The molecule has 0 fully saturated rings. The second-order valence-corrected chi connectivity index (χ2v) is 3.96. The molecule has 0 aromatic carbocycles. The third kappa shape index (κ3) is 5.23. The summed E-state index contributed by atoms with van der Waals surface area (Å²) in [5.41, 5.74) is 0.192. The van der Waals surface area contributed by atoms with E-state index in [2.05, 4.69) is 26.8 Å². The van der Waals surface area contributed by atoms with Crippen molar-refractivity contribution in [2.45, 2.75) is 0 Å². The topological polar surface area (TPSA) is 77.3 Å². The number of amides is 1. The van der Waals surface area contributed by atoms with E-state index >= 15 is 0 Å². The first-order valence-corrected chi connectivity index (χ1v) is 6.12. The Hall–Kier alpha value is -2.41. The van der Waals surface area contributed by atoms with E-state index < -0.39 is 11.7 Å². The van der Waals surface area contributed by atoms with Crippen molar-refractivity contribution in [2.24, 2.45) is 0 Å². The van der Waals surface area contributed by atoms with Crippen LogP contribution in [0.2, 0.25) is 0 Å². The van der Waals surface area contributed by atoms with E-state index in [0.717, 1.165) is 6.08 Å². The Kier molecular flexibility index (Phi) is 6.90. The van der Waals surface area contributed by atoms with Crippen LogP contribution in [0.4, 0.5) is 4.39 Å². The first-order valence-electron chi connectivity index (χ1n) is 5.74. The monoisotopic (exact) mass is 313 g/mol. The number of methoxy groups -OCH3 is 1. The highest BCUT2D eigenvalue weighted by Gasteiger charge is 2.15. The first-order chi connectivity index (χ1) is 10.1. The maximum Gasteiger partial charge on any atom is 0.276 e. The van der Waals surface area contributed by atoms with Crippen molar-refractivity contribution < 1.29 is 18.6 Å². The zero-order chi connectivity index (χ0) is 15.7. The van der Waals surface area contributed by atoms with Gasteiger partial charge in [0.05, 0.1) is 18.4 Å². The molecule has 0 saturated heterocycles. The van der Waals surface area contributed by atoms with Gasteiger partial charge in [-0.2, -0.15) is 0 Å². The van der Waals surface area contributed by atoms with Crippen LogP contribution in [0.25, 0.3) is 6.08 Å². The molecule has 21 heavy (non-hydrogen) atoms. The number of aromatic nitrogens is 2. The van der Waals surface area contributed by atoms with Gasteiger partial charge in [0.25, 0.3) is 5.91 Å². The quantitative estimate of drug-likeness (QED) is 0.618. The summed E-state index contributed by atoms with van der Waals surface area (Å²) in [6, 6.07) is 0. The number of carbonyl (C=O) groups excluding carboxylic acids is 1. The van der Waals surface area contributed by atoms with Crippen LogP contribution in [0, 0.1) is 0 Å². The molecule has 6 nitrogen and oxygen atoms in total. The molecule has 0 bridgehead atoms. The highest BCUT2D eigenvalue weighted by atomic mass is 35.5. The molecule has 8 heteroatoms. The molecule has 0 aliphatic rings. The average Bonchev–Trinajstić information content (AvgIpc) is 2.93. The van der Waals surface area contributed by atoms with Gasteiger partial charge in [-0.3, -0.25) is 4.79 Å². The lowest BCUT2D eigenvalue weighted by Gasteiger charge is -1.99. The number of ether oxygens (including phenoxy) is 1. The lowest BCUT2D eigenvalue weighted by Crippen LogP contribution is -2.24. The number of halogens is 2. The molecule has 0 spiro atoms. The highest BCUT2D eigenvalue weighted by Crippen LogP contribution is 2.15. The standard InChI is InChI=1S/C13H13ClFN3O3/c1-3-4-10(15)9(14)5-7-16-13(19)12-11(6-8-20-2)17-21-18-12/h3-6,8H,1,7H2,2H3,(H,16,19)/b8-6+,9-5+,10-4+. The number of nitrogens with one attached hydrogen (secondary N) is 1. The first kappa shape index (κ1) is 16.6. The molecule has 1 rings (SSSR count). The summed E-state index contributed by atoms with van der Waals surface area (Å²) in [7, 11) is 1.45. The van der Waals surface area contributed by atoms with Gasteiger partial charge in [-0.05, 0) is 22.5 Å². The fourth-order valence-electron chi connectivity index (χ4n) is 1.19. The molecule has 1 aromatic heterocycles. The summed E-state index contributed by atoms with van der Waals surface area (Å²) < 4.78 is 22.4. The predicted molar refractivity (Wildman–Crippen MR) is 76.0 cm³/mol. The van der Waals surface area contributed by atoms with Gasteiger partial charge in [-0.25, -0.2) is 9.02 Å². The Morgan fingerprint density at radius 2 is 2.33 bits per heavy atom. The van der Waals surface area contributed by atoms with Gasteiger partial charge in [0, 0.05) is 12.6 Å². The Morgan fingerprint density at radius 1 is 1.57 bits per heavy atom. The molecule has 0 aliphatic heterocycles. The van der Waals surface area contributed by atoms with Crippen LogP contribution in [-0.4, -0.2) is 29.9 Å². The van der Waals surface area contributed by atoms with Gasteiger partial charge in [0.15, 0.2) is 5.69 Å². The summed E-state index contributed by atoms with van der Waals surface area (Å²) in [6.45, 7) is 3.36. The van der Waals surface area contributed by atoms with Crippen molar-refractivity contribution in [1.82, 2.24) is 15.6 Å². The minimum Gasteiger partial charge on any atom is -0.504 e. The SMILES string of the molecule is C=C/C=C(F)\C(Cl)=C/CNC(=O)c1nonc1/C=C/OC. The van der Waals surface area contributed by atoms with Crippen LogP contribution in [0.1, 0.15) is 16.2 Å². The fraction of sp³-hybridized carbons (Fsp3) is 0.154. The fourth-order valence-corrected chi connectivity index (χ4v) is 1.33. The van der Waals surface area contributed by atoms with Gasteiger partial charge in [0.2, 0.25) is 0 Å². The van der Waals surface area contributed by atoms with E-state index in [-0.39, 0.29) is 23.0 Å². The summed E-state index contributed by atoms with van der Waals surface area (Å²) in [5.74, 6) is -1.19. The van der Waals surface area contributed by atoms with Crippen molar-refractivity contribution in [3.63, 3.8) is 0 Å². The van der Waals surface area contributed by atoms with Gasteiger partial charge in [-0.15, -0.1) is 0 Å². The third-order valence-electron chi connectivity index (χ3n) is 2.13. The maximum atomic E-state index is 13.2. The molecule has 0 saturated carbocycles. The summed E-state index contributed by atoms with van der Waals surface area (Å²) >= 11 is 5.66. The third-order valence-corrected chi connectivity index (χ3v) is 2.46. The molecule has 1 amide bonds. The van der Waals surface area contributed by atoms with Crippen LogP contribution in [0.5, 0.6) is 0 Å². The van der Waals surface area contributed by atoms with Gasteiger partial charge in [-0.1, -0.05) is 24.3 Å². The molecule has 1 aromatic rings. The highest BCUT2D eigenvalue weighted by molar-refractivity contribution is 6.31. The molecule has 1 heterocycles. The zero-order valence-electron chi connectivity index (χ0n) is 11.2. The van der Waals surface area contributed by atoms with Crippen molar-refractivity contribution in [2.75, 3.05) is 13.7 Å². The minimum absolute atomic E-state index is 0.0103. The molecular formula is C13H13ClFN3O3. The Balaban J connectivity index is 2.65. The van der Waals surface area contributed by atoms with E-state index in [1.807, 2.05) is 0 Å². The van der Waals surface area contributed by atoms with E-state index in [1.54, 1.807) is 0 Å². The van der Waals surface area contributed by atoms with Gasteiger partial charge in [0.1, 0.15) is 11.5 Å². The predicted octanol–water partition coefficient (Wildman–Crippen LogP) is 2.58. The Morgan fingerprint density at radius 3 is 3.00 bits per heavy atom. The number of carbonyl (C=O) groups is 1. The lowest BCUT2D eigenvalue weighted by atomic mass is 10.3. The molecular weight excluding hydrogens is 301 g/mol. The van der Waals surface area contributed by atoms with Crippen molar-refractivity contribution >= 4 is 23.6 Å². The zero-order valence-corrected chi connectivity index (χ0v) is 11.9. The van der Waals surface area contributed by atoms with Gasteiger partial charge >= 0.3 is 0 Å². The molecule has 0 radical (unpaired) electrons. The second kappa shape index (κ2) is 8.70. The van der Waals surface area contributed by atoms with E-state index in [9.17, 15) is 9.18 Å². The molecule has 1 N–H and O–H groups in total. The van der Waals surface area contributed by atoms with Crippen LogP contribution < -0.4 is 5.32 Å². The molecule has 0 unspecified atom stereocenters. The Labute approximate surface area is 125 Å². The summed E-state index contributed by atoms with van der Waals surface area (Å²) in [6.07, 6.45) is 6.41. The minimum atomic E-state index is -0.646. The van der Waals surface area contributed by atoms with Crippen molar-refractivity contribution in [3.8, 4) is 0 Å². The maximum absolute atomic E-state index is 13.2. The largest absolute Gasteiger partial charge is 0.504 e. The number of hydrogen-bond acceptors (Lipinski definition) is 5. The Bertz CT molecular complexity index is 593. The molecule has 112 valence electrons. The van der Waals surface area contributed by atoms with Crippen LogP contribution >= 0.6 is 11.6 Å². The van der Waals surface area contributed by atoms with Crippen LogP contribution in [0.3, 0.4) is 0 Å². The van der Waals surface area contributed by atoms with Gasteiger partial charge < -0.3 is 10.1 Å². The van der Waals surface area contributed by atoms with Crippen molar-refractivity contribution in [1.29, 1.82) is 0 Å². The van der Waals surface area contributed by atoms with Crippen LogP contribution in [0.15, 0.2) is 46.6 Å². The number of rotatable bonds is 7. The number of nitrogens with zero attached hydrogens (tertiary/aromatic N) is 2. The number of allylic oxidation sites excluding steroid dienone is 4. The molecule has 0 aliphatic carbocycles. The normalized spacial score (nSPS) is 12.5.